The van der Waals surface area contributed by atoms with Crippen LogP contribution in [0.4, 0.5) is 0 Å². The molecule has 0 aliphatic carbocycles. The summed E-state index contributed by atoms with van der Waals surface area (Å²) in [7, 11) is 3.08. The van der Waals surface area contributed by atoms with E-state index in [2.05, 4.69) is 5.32 Å². The van der Waals surface area contributed by atoms with Crippen LogP contribution in [-0.4, -0.2) is 39.9 Å². The van der Waals surface area contributed by atoms with Crippen LogP contribution in [0.3, 0.4) is 0 Å². The molecule has 0 aromatic heterocycles. The molecule has 0 bridgehead atoms. The average molecular weight is 318 g/mol. The number of ether oxygens (including phenoxy) is 3. The first-order chi connectivity index (χ1) is 11.1. The first-order valence-corrected chi connectivity index (χ1v) is 7.35. The van der Waals surface area contributed by atoms with Gasteiger partial charge in [0.05, 0.1) is 14.2 Å². The van der Waals surface area contributed by atoms with Crippen molar-refractivity contribution in [2.45, 2.75) is 13.3 Å². The lowest BCUT2D eigenvalue weighted by atomic mass is 10.1. The summed E-state index contributed by atoms with van der Waals surface area (Å²) in [5.74, 6) is 0.765. The summed E-state index contributed by atoms with van der Waals surface area (Å²) in [4.78, 5) is 12.0. The zero-order valence-electron chi connectivity index (χ0n) is 13.7. The number of hydrogen-bond donors (Lipinski definition) is 1. The summed E-state index contributed by atoms with van der Waals surface area (Å²) in [6.07, 6.45) is 2.20. The number of amides is 1. The van der Waals surface area contributed by atoms with Crippen molar-refractivity contribution in [2.24, 2.45) is 0 Å². The van der Waals surface area contributed by atoms with Crippen molar-refractivity contribution < 1.29 is 19.0 Å². The summed E-state index contributed by atoms with van der Waals surface area (Å²) in [5, 5.41) is 11.9. The van der Waals surface area contributed by atoms with E-state index in [1.165, 1.54) is 6.08 Å². The van der Waals surface area contributed by atoms with E-state index in [9.17, 15) is 10.1 Å². The topological polar surface area (TPSA) is 80.6 Å². The molecule has 1 aromatic rings. The van der Waals surface area contributed by atoms with Crippen LogP contribution in [0.1, 0.15) is 18.9 Å². The fourth-order valence-electron chi connectivity index (χ4n) is 1.84. The summed E-state index contributed by atoms with van der Waals surface area (Å²) < 4.78 is 15.5. The van der Waals surface area contributed by atoms with Gasteiger partial charge in [0.15, 0.2) is 0 Å². The van der Waals surface area contributed by atoms with Gasteiger partial charge in [-0.2, -0.15) is 5.26 Å². The van der Waals surface area contributed by atoms with E-state index >= 15 is 0 Å². The molecule has 0 saturated heterocycles. The van der Waals surface area contributed by atoms with Crippen LogP contribution < -0.4 is 14.8 Å². The number of carbonyl (C=O) groups is 1. The van der Waals surface area contributed by atoms with E-state index in [4.69, 9.17) is 14.2 Å². The maximum absolute atomic E-state index is 12.0. The Hall–Kier alpha value is -2.52. The van der Waals surface area contributed by atoms with Gasteiger partial charge in [0.1, 0.15) is 23.1 Å². The summed E-state index contributed by atoms with van der Waals surface area (Å²) in [6, 6.07) is 7.08. The van der Waals surface area contributed by atoms with Crippen LogP contribution in [0, 0.1) is 11.3 Å². The molecule has 0 aliphatic rings. The van der Waals surface area contributed by atoms with E-state index in [1.54, 1.807) is 32.4 Å². The predicted octanol–water partition coefficient (Wildman–Crippen LogP) is 2.15. The molecule has 23 heavy (non-hydrogen) atoms. The molecule has 0 atom stereocenters. The predicted molar refractivity (Wildman–Crippen MR) is 87.3 cm³/mol. The maximum Gasteiger partial charge on any atom is 0.261 e. The number of methoxy groups -OCH3 is 2. The zero-order chi connectivity index (χ0) is 17.1. The number of benzene rings is 1. The molecule has 0 fully saturated rings. The van der Waals surface area contributed by atoms with Gasteiger partial charge in [-0.1, -0.05) is 0 Å². The normalized spacial score (nSPS) is 10.8. The Balaban J connectivity index is 2.78. The smallest absolute Gasteiger partial charge is 0.261 e. The van der Waals surface area contributed by atoms with Gasteiger partial charge in [0.25, 0.3) is 5.91 Å². The van der Waals surface area contributed by atoms with Gasteiger partial charge >= 0.3 is 0 Å². The van der Waals surface area contributed by atoms with Crippen LogP contribution in [0.2, 0.25) is 0 Å². The molecule has 124 valence electrons. The van der Waals surface area contributed by atoms with Gasteiger partial charge in [0, 0.05) is 25.8 Å². The first-order valence-electron chi connectivity index (χ1n) is 7.35. The number of rotatable bonds is 9. The molecule has 1 N–H and O–H groups in total. The third-order valence-electron chi connectivity index (χ3n) is 3.00. The van der Waals surface area contributed by atoms with E-state index in [1.807, 2.05) is 13.0 Å². The van der Waals surface area contributed by atoms with Crippen molar-refractivity contribution in [3.05, 3.63) is 29.3 Å². The van der Waals surface area contributed by atoms with Crippen LogP contribution in [0.15, 0.2) is 23.8 Å². The van der Waals surface area contributed by atoms with Crippen molar-refractivity contribution >= 4 is 12.0 Å². The minimum atomic E-state index is -0.411. The summed E-state index contributed by atoms with van der Waals surface area (Å²) in [5.41, 5.74) is 0.680. The second kappa shape index (κ2) is 10.2. The highest BCUT2D eigenvalue weighted by Gasteiger charge is 2.09. The minimum Gasteiger partial charge on any atom is -0.497 e. The lowest BCUT2D eigenvalue weighted by molar-refractivity contribution is -0.117. The zero-order valence-corrected chi connectivity index (χ0v) is 13.7. The Labute approximate surface area is 136 Å². The van der Waals surface area contributed by atoms with E-state index < -0.39 is 5.91 Å². The SMILES string of the molecule is CCOCCCNC(=O)/C(C#N)=C/c1cc(OC)cc(OC)c1. The molecule has 0 unspecified atom stereocenters. The highest BCUT2D eigenvalue weighted by atomic mass is 16.5. The number of nitriles is 1. The fourth-order valence-corrected chi connectivity index (χ4v) is 1.84. The molecule has 1 rings (SSSR count). The number of hydrogen-bond acceptors (Lipinski definition) is 5. The highest BCUT2D eigenvalue weighted by molar-refractivity contribution is 6.01. The Morgan fingerprint density at radius 3 is 2.43 bits per heavy atom. The van der Waals surface area contributed by atoms with Crippen LogP contribution >= 0.6 is 0 Å². The standard InChI is InChI=1S/C17H22N2O4/c1-4-23-7-5-6-19-17(20)14(12-18)8-13-9-15(21-2)11-16(10-13)22-3/h8-11H,4-7H2,1-3H3,(H,19,20)/b14-8+. The molecule has 0 aliphatic heterocycles. The van der Waals surface area contributed by atoms with Gasteiger partial charge in [-0.05, 0) is 37.1 Å². The molecule has 1 amide bonds. The second-order valence-corrected chi connectivity index (χ2v) is 4.62. The summed E-state index contributed by atoms with van der Waals surface area (Å²) in [6.45, 7) is 3.60. The monoisotopic (exact) mass is 318 g/mol. The van der Waals surface area contributed by atoms with Crippen molar-refractivity contribution in [3.63, 3.8) is 0 Å². The number of nitrogens with zero attached hydrogens (tertiary/aromatic N) is 1. The molecule has 0 saturated carbocycles. The van der Waals surface area contributed by atoms with Crippen molar-refractivity contribution in [1.82, 2.24) is 5.32 Å². The highest BCUT2D eigenvalue weighted by Crippen LogP contribution is 2.24. The largest absolute Gasteiger partial charge is 0.497 e. The molecule has 0 heterocycles. The Kier molecular flexibility index (Phi) is 8.25. The van der Waals surface area contributed by atoms with Gasteiger partial charge in [-0.25, -0.2) is 0 Å². The lowest BCUT2D eigenvalue weighted by Gasteiger charge is -2.07. The molecule has 0 spiro atoms. The quantitative estimate of drug-likeness (QED) is 0.429. The molecule has 6 heteroatoms. The van der Waals surface area contributed by atoms with E-state index in [0.717, 1.165) is 0 Å². The average Bonchev–Trinajstić information content (AvgIpc) is 2.58. The van der Waals surface area contributed by atoms with Crippen molar-refractivity contribution in [2.75, 3.05) is 34.0 Å². The Morgan fingerprint density at radius 1 is 1.26 bits per heavy atom. The lowest BCUT2D eigenvalue weighted by Crippen LogP contribution is -2.26. The third-order valence-corrected chi connectivity index (χ3v) is 3.00. The van der Waals surface area contributed by atoms with Crippen molar-refractivity contribution in [1.29, 1.82) is 5.26 Å². The third kappa shape index (κ3) is 6.41. The van der Waals surface area contributed by atoms with Gasteiger partial charge in [-0.3, -0.25) is 4.79 Å². The van der Waals surface area contributed by atoms with Crippen LogP contribution in [0.5, 0.6) is 11.5 Å². The van der Waals surface area contributed by atoms with Crippen LogP contribution in [-0.2, 0) is 9.53 Å². The van der Waals surface area contributed by atoms with Crippen molar-refractivity contribution in [3.8, 4) is 17.6 Å². The van der Waals surface area contributed by atoms with E-state index in [0.29, 0.717) is 43.2 Å². The van der Waals surface area contributed by atoms with Crippen LogP contribution in [0.25, 0.3) is 6.08 Å². The van der Waals surface area contributed by atoms with Gasteiger partial charge in [0.2, 0.25) is 0 Å². The molecule has 1 aromatic carbocycles. The maximum atomic E-state index is 12.0. The molecule has 6 nitrogen and oxygen atoms in total. The summed E-state index contributed by atoms with van der Waals surface area (Å²) >= 11 is 0. The van der Waals surface area contributed by atoms with E-state index in [-0.39, 0.29) is 5.57 Å². The molecule has 0 radical (unpaired) electrons. The fraction of sp³-hybridized carbons (Fsp3) is 0.412. The minimum absolute atomic E-state index is 0.0247. The first kappa shape index (κ1) is 18.5. The molecular formula is C17H22N2O4. The Morgan fingerprint density at radius 2 is 1.91 bits per heavy atom. The van der Waals surface area contributed by atoms with Gasteiger partial charge < -0.3 is 19.5 Å². The van der Waals surface area contributed by atoms with Gasteiger partial charge in [-0.15, -0.1) is 0 Å². The Bertz CT molecular complexity index is 568. The number of carbonyl (C=O) groups excluding carboxylic acids is 1. The second-order valence-electron chi connectivity index (χ2n) is 4.62. The molecular weight excluding hydrogens is 296 g/mol. The number of nitrogens with one attached hydrogen (secondary N) is 1.